The number of hydrogen-bond donors (Lipinski definition) is 0. The summed E-state index contributed by atoms with van der Waals surface area (Å²) in [5.74, 6) is 0.512. The van der Waals surface area contributed by atoms with Crippen molar-refractivity contribution >= 4 is 51.9 Å². The van der Waals surface area contributed by atoms with Crippen molar-refractivity contribution in [1.82, 2.24) is 0 Å². The van der Waals surface area contributed by atoms with Crippen molar-refractivity contribution in [2.75, 3.05) is 12.0 Å². The maximum absolute atomic E-state index is 13.4. The zero-order valence-corrected chi connectivity index (χ0v) is 19.0. The van der Waals surface area contributed by atoms with Gasteiger partial charge in [0.1, 0.15) is 5.75 Å². The minimum absolute atomic E-state index is 0.137. The molecule has 4 rings (SSSR count). The predicted octanol–water partition coefficient (Wildman–Crippen LogP) is 6.77. The van der Waals surface area contributed by atoms with Crippen molar-refractivity contribution in [2.24, 2.45) is 4.99 Å². The summed E-state index contributed by atoms with van der Waals surface area (Å²) in [6.45, 7) is 4.05. The van der Waals surface area contributed by atoms with Crippen LogP contribution in [-0.4, -0.2) is 18.2 Å². The Hall–Kier alpha value is -3.02. The summed E-state index contributed by atoms with van der Waals surface area (Å²) in [4.78, 5) is 20.4. The van der Waals surface area contributed by atoms with E-state index in [1.54, 1.807) is 36.3 Å². The first-order chi connectivity index (χ1) is 14.9. The monoisotopic (exact) mass is 448 g/mol. The van der Waals surface area contributed by atoms with Crippen LogP contribution in [0.25, 0.3) is 6.08 Å². The van der Waals surface area contributed by atoms with Crippen molar-refractivity contribution in [3.8, 4) is 5.75 Å². The molecule has 1 fully saturated rings. The molecule has 0 unspecified atom stereocenters. The second kappa shape index (κ2) is 9.00. The summed E-state index contributed by atoms with van der Waals surface area (Å²) in [5.41, 5.74) is 4.59. The van der Waals surface area contributed by atoms with Crippen molar-refractivity contribution in [3.63, 3.8) is 0 Å². The molecule has 6 heteroatoms. The SMILES string of the molecule is COc1ccc(Cl)cc1/C=C1/SC(=Nc2ccc(C)cc2)N(c2ccc(C)cc2)C1=O. The number of amides is 1. The Bertz CT molecular complexity index is 1190. The molecule has 0 N–H and O–H groups in total. The van der Waals surface area contributed by atoms with Crippen LogP contribution in [0.2, 0.25) is 5.02 Å². The number of methoxy groups -OCH3 is 1. The van der Waals surface area contributed by atoms with Gasteiger partial charge in [0.15, 0.2) is 5.17 Å². The molecule has 0 aromatic heterocycles. The lowest BCUT2D eigenvalue weighted by atomic mass is 10.1. The van der Waals surface area contributed by atoms with Crippen LogP contribution in [-0.2, 0) is 4.79 Å². The van der Waals surface area contributed by atoms with Gasteiger partial charge < -0.3 is 4.74 Å². The number of aliphatic imine (C=N–C) groups is 1. The average molecular weight is 449 g/mol. The van der Waals surface area contributed by atoms with E-state index in [0.717, 1.165) is 28.1 Å². The zero-order valence-electron chi connectivity index (χ0n) is 17.4. The van der Waals surface area contributed by atoms with Gasteiger partial charge in [-0.15, -0.1) is 0 Å². The Morgan fingerprint density at radius 1 is 0.968 bits per heavy atom. The Kier molecular flexibility index (Phi) is 6.16. The second-order valence-electron chi connectivity index (χ2n) is 7.20. The number of halogens is 1. The summed E-state index contributed by atoms with van der Waals surface area (Å²) in [5, 5.41) is 1.18. The molecule has 0 atom stereocenters. The quantitative estimate of drug-likeness (QED) is 0.413. The Labute approximate surface area is 191 Å². The molecule has 4 nitrogen and oxygen atoms in total. The molecule has 1 aliphatic rings. The number of amidine groups is 1. The molecule has 31 heavy (non-hydrogen) atoms. The average Bonchev–Trinajstić information content (AvgIpc) is 3.05. The first-order valence-electron chi connectivity index (χ1n) is 9.74. The molecule has 3 aromatic carbocycles. The van der Waals surface area contributed by atoms with E-state index >= 15 is 0 Å². The lowest BCUT2D eigenvalue weighted by molar-refractivity contribution is -0.113. The molecular weight excluding hydrogens is 428 g/mol. The second-order valence-corrected chi connectivity index (χ2v) is 8.65. The van der Waals surface area contributed by atoms with Gasteiger partial charge in [-0.25, -0.2) is 4.99 Å². The summed E-state index contributed by atoms with van der Waals surface area (Å²) < 4.78 is 5.44. The fourth-order valence-corrected chi connectivity index (χ4v) is 4.33. The Balaban J connectivity index is 1.79. The Morgan fingerprint density at radius 3 is 2.26 bits per heavy atom. The number of nitrogens with zero attached hydrogens (tertiary/aromatic N) is 2. The van der Waals surface area contributed by atoms with Gasteiger partial charge >= 0.3 is 0 Å². The highest BCUT2D eigenvalue weighted by Crippen LogP contribution is 2.38. The fourth-order valence-electron chi connectivity index (χ4n) is 3.16. The first kappa shape index (κ1) is 21.2. The normalized spacial score (nSPS) is 16.4. The highest BCUT2D eigenvalue weighted by Gasteiger charge is 2.35. The van der Waals surface area contributed by atoms with E-state index in [1.807, 2.05) is 62.4 Å². The van der Waals surface area contributed by atoms with Crippen LogP contribution >= 0.6 is 23.4 Å². The lowest BCUT2D eigenvalue weighted by Gasteiger charge is -2.16. The topological polar surface area (TPSA) is 41.9 Å². The van der Waals surface area contributed by atoms with Gasteiger partial charge in [-0.05, 0) is 74.1 Å². The molecule has 0 bridgehead atoms. The standard InChI is InChI=1S/C25H21ClN2O2S/c1-16-4-9-20(10-5-16)27-25-28(21-11-6-17(2)7-12-21)24(29)23(31-25)15-18-14-19(26)8-13-22(18)30-3/h4-15H,1-3H3/b23-15+,27-25?. The number of aryl methyl sites for hydroxylation is 2. The highest BCUT2D eigenvalue weighted by atomic mass is 35.5. The molecule has 0 spiro atoms. The van der Waals surface area contributed by atoms with Gasteiger partial charge in [0.2, 0.25) is 0 Å². The number of carbonyl (C=O) groups excluding carboxylic acids is 1. The van der Waals surface area contributed by atoms with Gasteiger partial charge in [-0.1, -0.05) is 47.0 Å². The molecular formula is C25H21ClN2O2S. The van der Waals surface area contributed by atoms with Crippen LogP contribution in [0.15, 0.2) is 76.6 Å². The number of anilines is 1. The third kappa shape index (κ3) is 4.68. The predicted molar refractivity (Wildman–Crippen MR) is 131 cm³/mol. The van der Waals surface area contributed by atoms with Gasteiger partial charge in [0.25, 0.3) is 5.91 Å². The summed E-state index contributed by atoms with van der Waals surface area (Å²) in [6, 6.07) is 21.1. The number of hydrogen-bond acceptors (Lipinski definition) is 4. The number of ether oxygens (including phenoxy) is 1. The van der Waals surface area contributed by atoms with E-state index in [4.69, 9.17) is 21.3 Å². The molecule has 1 heterocycles. The van der Waals surface area contributed by atoms with E-state index in [9.17, 15) is 4.79 Å². The molecule has 156 valence electrons. The van der Waals surface area contributed by atoms with Crippen molar-refractivity contribution in [1.29, 1.82) is 0 Å². The molecule has 1 saturated heterocycles. The molecule has 0 aliphatic carbocycles. The van der Waals surface area contributed by atoms with E-state index in [1.165, 1.54) is 11.8 Å². The lowest BCUT2D eigenvalue weighted by Crippen LogP contribution is -2.28. The summed E-state index contributed by atoms with van der Waals surface area (Å²) >= 11 is 7.51. The molecule has 1 aliphatic heterocycles. The molecule has 0 saturated carbocycles. The van der Waals surface area contributed by atoms with Crippen molar-refractivity contribution < 1.29 is 9.53 Å². The van der Waals surface area contributed by atoms with E-state index in [0.29, 0.717) is 20.8 Å². The largest absolute Gasteiger partial charge is 0.496 e. The fraction of sp³-hybridized carbons (Fsp3) is 0.120. The van der Waals surface area contributed by atoms with Crippen molar-refractivity contribution in [3.05, 3.63) is 93.3 Å². The maximum atomic E-state index is 13.4. The van der Waals surface area contributed by atoms with Crippen LogP contribution in [0.5, 0.6) is 5.75 Å². The highest BCUT2D eigenvalue weighted by molar-refractivity contribution is 8.19. The number of rotatable bonds is 4. The third-order valence-corrected chi connectivity index (χ3v) is 6.04. The summed E-state index contributed by atoms with van der Waals surface area (Å²) in [6.07, 6.45) is 1.80. The van der Waals surface area contributed by atoms with E-state index in [-0.39, 0.29) is 5.91 Å². The van der Waals surface area contributed by atoms with Crippen LogP contribution in [0, 0.1) is 13.8 Å². The van der Waals surface area contributed by atoms with Gasteiger partial charge in [0.05, 0.1) is 23.4 Å². The minimum Gasteiger partial charge on any atom is -0.496 e. The number of carbonyl (C=O) groups is 1. The van der Waals surface area contributed by atoms with Crippen LogP contribution in [0.3, 0.4) is 0 Å². The number of thioether (sulfide) groups is 1. The van der Waals surface area contributed by atoms with Gasteiger partial charge in [0, 0.05) is 10.6 Å². The first-order valence-corrected chi connectivity index (χ1v) is 10.9. The van der Waals surface area contributed by atoms with E-state index < -0.39 is 0 Å². The van der Waals surface area contributed by atoms with Crippen LogP contribution in [0.1, 0.15) is 16.7 Å². The molecule has 0 radical (unpaired) electrons. The molecule has 1 amide bonds. The van der Waals surface area contributed by atoms with Crippen LogP contribution < -0.4 is 9.64 Å². The minimum atomic E-state index is -0.137. The molecule has 3 aromatic rings. The smallest absolute Gasteiger partial charge is 0.271 e. The summed E-state index contributed by atoms with van der Waals surface area (Å²) in [7, 11) is 1.59. The van der Waals surface area contributed by atoms with E-state index in [2.05, 4.69) is 0 Å². The van der Waals surface area contributed by atoms with Crippen LogP contribution in [0.4, 0.5) is 11.4 Å². The van der Waals surface area contributed by atoms with Gasteiger partial charge in [-0.2, -0.15) is 0 Å². The zero-order chi connectivity index (χ0) is 22.0. The third-order valence-electron chi connectivity index (χ3n) is 4.84. The Morgan fingerprint density at radius 2 is 1.61 bits per heavy atom. The maximum Gasteiger partial charge on any atom is 0.271 e. The van der Waals surface area contributed by atoms with Crippen molar-refractivity contribution in [2.45, 2.75) is 13.8 Å². The number of benzene rings is 3. The van der Waals surface area contributed by atoms with Gasteiger partial charge in [-0.3, -0.25) is 9.69 Å².